The maximum Gasteiger partial charge on any atom is 0.240 e. The SMILES string of the molecule is C[C@H](CN1CCOCC1)NC(=O)CN1C(=O)CSc2ccccc21. The Balaban J connectivity index is 1.55. The number of ether oxygens (including phenoxy) is 1. The lowest BCUT2D eigenvalue weighted by Gasteiger charge is -2.31. The van der Waals surface area contributed by atoms with Crippen molar-refractivity contribution in [2.75, 3.05) is 50.0 Å². The van der Waals surface area contributed by atoms with Crippen LogP contribution in [0.4, 0.5) is 5.69 Å². The summed E-state index contributed by atoms with van der Waals surface area (Å²) in [7, 11) is 0. The van der Waals surface area contributed by atoms with Gasteiger partial charge in [-0.25, -0.2) is 0 Å². The second-order valence-electron chi connectivity index (χ2n) is 6.12. The number of rotatable bonds is 5. The van der Waals surface area contributed by atoms with Crippen molar-refractivity contribution in [1.82, 2.24) is 10.2 Å². The molecule has 1 fully saturated rings. The number of carbonyl (C=O) groups excluding carboxylic acids is 2. The number of nitrogens with zero attached hydrogens (tertiary/aromatic N) is 2. The zero-order valence-corrected chi connectivity index (χ0v) is 14.7. The topological polar surface area (TPSA) is 61.9 Å². The zero-order chi connectivity index (χ0) is 16.9. The van der Waals surface area contributed by atoms with Crippen LogP contribution in [0.3, 0.4) is 0 Å². The van der Waals surface area contributed by atoms with E-state index in [2.05, 4.69) is 10.2 Å². The number of amides is 2. The number of fused-ring (bicyclic) bond motifs is 1. The molecule has 0 saturated carbocycles. The van der Waals surface area contributed by atoms with E-state index < -0.39 is 0 Å². The van der Waals surface area contributed by atoms with Crippen molar-refractivity contribution in [3.8, 4) is 0 Å². The van der Waals surface area contributed by atoms with Crippen LogP contribution in [-0.2, 0) is 14.3 Å². The van der Waals surface area contributed by atoms with Crippen molar-refractivity contribution in [2.45, 2.75) is 17.9 Å². The number of anilines is 1. The number of morpholine rings is 1. The van der Waals surface area contributed by atoms with E-state index >= 15 is 0 Å². The van der Waals surface area contributed by atoms with Crippen LogP contribution in [0.2, 0.25) is 0 Å². The maximum absolute atomic E-state index is 12.4. The molecular weight excluding hydrogens is 326 g/mol. The van der Waals surface area contributed by atoms with Gasteiger partial charge in [0.05, 0.1) is 24.7 Å². The molecule has 2 heterocycles. The molecule has 3 rings (SSSR count). The van der Waals surface area contributed by atoms with E-state index in [9.17, 15) is 9.59 Å². The van der Waals surface area contributed by atoms with E-state index in [0.717, 1.165) is 43.4 Å². The number of thioether (sulfide) groups is 1. The molecule has 1 N–H and O–H groups in total. The predicted molar refractivity (Wildman–Crippen MR) is 94.4 cm³/mol. The molecule has 1 atom stereocenters. The van der Waals surface area contributed by atoms with Crippen LogP contribution in [0, 0.1) is 0 Å². The van der Waals surface area contributed by atoms with Crippen LogP contribution in [0.25, 0.3) is 0 Å². The number of benzene rings is 1. The molecule has 0 spiro atoms. The number of hydrogen-bond donors (Lipinski definition) is 1. The summed E-state index contributed by atoms with van der Waals surface area (Å²) in [5.41, 5.74) is 0.828. The lowest BCUT2D eigenvalue weighted by atomic mass is 10.2. The standard InChI is InChI=1S/C17H23N3O3S/c1-13(10-19-6-8-23-9-7-19)18-16(21)11-20-14-4-2-3-5-15(14)24-12-17(20)22/h2-5,13H,6-12H2,1H3,(H,18,21)/t13-/m1/s1. The van der Waals surface area contributed by atoms with Gasteiger partial charge in [-0.15, -0.1) is 11.8 Å². The van der Waals surface area contributed by atoms with Gasteiger partial charge in [-0.1, -0.05) is 12.1 Å². The Labute approximate surface area is 146 Å². The van der Waals surface area contributed by atoms with Crippen molar-refractivity contribution in [3.63, 3.8) is 0 Å². The number of carbonyl (C=O) groups is 2. The average molecular weight is 349 g/mol. The first-order valence-electron chi connectivity index (χ1n) is 8.25. The highest BCUT2D eigenvalue weighted by Crippen LogP contribution is 2.34. The Kier molecular flexibility index (Phi) is 5.76. The molecule has 2 aliphatic heterocycles. The third-order valence-electron chi connectivity index (χ3n) is 4.15. The second kappa shape index (κ2) is 8.00. The Morgan fingerprint density at radius 3 is 2.88 bits per heavy atom. The Bertz CT molecular complexity index is 604. The van der Waals surface area contributed by atoms with Gasteiger partial charge in [0.15, 0.2) is 0 Å². The van der Waals surface area contributed by atoms with E-state index in [1.807, 2.05) is 31.2 Å². The minimum atomic E-state index is -0.120. The molecule has 7 heteroatoms. The van der Waals surface area contributed by atoms with Crippen LogP contribution in [0.1, 0.15) is 6.92 Å². The lowest BCUT2D eigenvalue weighted by Crippen LogP contribution is -2.49. The quantitative estimate of drug-likeness (QED) is 0.858. The summed E-state index contributed by atoms with van der Waals surface area (Å²) in [5, 5.41) is 3.00. The molecule has 130 valence electrons. The smallest absolute Gasteiger partial charge is 0.240 e. The van der Waals surface area contributed by atoms with Gasteiger partial charge in [-0.05, 0) is 19.1 Å². The first-order chi connectivity index (χ1) is 11.6. The minimum Gasteiger partial charge on any atom is -0.379 e. The van der Waals surface area contributed by atoms with Gasteiger partial charge in [-0.2, -0.15) is 0 Å². The molecule has 0 unspecified atom stereocenters. The van der Waals surface area contributed by atoms with Crippen molar-refractivity contribution in [3.05, 3.63) is 24.3 Å². The number of para-hydroxylation sites is 1. The summed E-state index contributed by atoms with van der Waals surface area (Å²) < 4.78 is 5.33. The fourth-order valence-corrected chi connectivity index (χ4v) is 3.94. The highest BCUT2D eigenvalue weighted by molar-refractivity contribution is 8.00. The van der Waals surface area contributed by atoms with Gasteiger partial charge < -0.3 is 15.0 Å². The van der Waals surface area contributed by atoms with E-state index in [0.29, 0.717) is 5.75 Å². The number of nitrogens with one attached hydrogen (secondary N) is 1. The second-order valence-corrected chi connectivity index (χ2v) is 7.14. The molecule has 1 aromatic carbocycles. The fourth-order valence-electron chi connectivity index (χ4n) is 3.01. The Hall–Kier alpha value is -1.57. The largest absolute Gasteiger partial charge is 0.379 e. The molecule has 2 amide bonds. The van der Waals surface area contributed by atoms with Gasteiger partial charge in [0.1, 0.15) is 6.54 Å². The average Bonchev–Trinajstić information content (AvgIpc) is 2.58. The van der Waals surface area contributed by atoms with Crippen molar-refractivity contribution in [2.24, 2.45) is 0 Å². The Morgan fingerprint density at radius 2 is 2.08 bits per heavy atom. The van der Waals surface area contributed by atoms with Gasteiger partial charge >= 0.3 is 0 Å². The van der Waals surface area contributed by atoms with Crippen molar-refractivity contribution >= 4 is 29.3 Å². The predicted octanol–water partition coefficient (Wildman–Crippen LogP) is 0.962. The highest BCUT2D eigenvalue weighted by atomic mass is 32.2. The van der Waals surface area contributed by atoms with E-state index in [1.54, 1.807) is 4.90 Å². The molecule has 1 aromatic rings. The van der Waals surface area contributed by atoms with Crippen LogP contribution in [-0.4, -0.2) is 67.9 Å². The Morgan fingerprint density at radius 1 is 1.33 bits per heavy atom. The van der Waals surface area contributed by atoms with E-state index in [4.69, 9.17) is 4.74 Å². The third-order valence-corrected chi connectivity index (χ3v) is 5.20. The van der Waals surface area contributed by atoms with Gasteiger partial charge in [0.2, 0.25) is 11.8 Å². The summed E-state index contributed by atoms with van der Waals surface area (Å²) in [4.78, 5) is 29.5. The maximum atomic E-state index is 12.4. The summed E-state index contributed by atoms with van der Waals surface area (Å²) >= 11 is 1.52. The first-order valence-corrected chi connectivity index (χ1v) is 9.23. The van der Waals surface area contributed by atoms with Crippen molar-refractivity contribution < 1.29 is 14.3 Å². The molecule has 24 heavy (non-hydrogen) atoms. The van der Waals surface area contributed by atoms with Gasteiger partial charge in [-0.3, -0.25) is 14.5 Å². The molecule has 6 nitrogen and oxygen atoms in total. The molecule has 0 aliphatic carbocycles. The fraction of sp³-hybridized carbons (Fsp3) is 0.529. The molecule has 2 aliphatic rings. The highest BCUT2D eigenvalue weighted by Gasteiger charge is 2.26. The lowest BCUT2D eigenvalue weighted by molar-refractivity contribution is -0.123. The zero-order valence-electron chi connectivity index (χ0n) is 13.9. The molecule has 0 radical (unpaired) electrons. The summed E-state index contributed by atoms with van der Waals surface area (Å²) in [6.45, 7) is 6.16. The molecule has 1 saturated heterocycles. The van der Waals surface area contributed by atoms with Crippen LogP contribution >= 0.6 is 11.8 Å². The normalized spacial score (nSPS) is 19.7. The molecular formula is C17H23N3O3S. The van der Waals surface area contributed by atoms with Gasteiger partial charge in [0, 0.05) is 30.6 Å². The minimum absolute atomic E-state index is 0.0188. The van der Waals surface area contributed by atoms with Crippen molar-refractivity contribution in [1.29, 1.82) is 0 Å². The summed E-state index contributed by atoms with van der Waals surface area (Å²) in [5.74, 6) is 0.244. The van der Waals surface area contributed by atoms with E-state index in [-0.39, 0.29) is 24.4 Å². The third kappa shape index (κ3) is 4.28. The van der Waals surface area contributed by atoms with Gasteiger partial charge in [0.25, 0.3) is 0 Å². The van der Waals surface area contributed by atoms with Crippen LogP contribution in [0.5, 0.6) is 0 Å². The summed E-state index contributed by atoms with van der Waals surface area (Å²) in [6.07, 6.45) is 0. The molecule has 0 bridgehead atoms. The molecule has 0 aromatic heterocycles. The number of hydrogen-bond acceptors (Lipinski definition) is 5. The van der Waals surface area contributed by atoms with Crippen LogP contribution in [0.15, 0.2) is 29.2 Å². The first kappa shape index (κ1) is 17.3. The van der Waals surface area contributed by atoms with Crippen LogP contribution < -0.4 is 10.2 Å². The summed E-state index contributed by atoms with van der Waals surface area (Å²) in [6, 6.07) is 7.76. The monoisotopic (exact) mass is 349 g/mol. The van der Waals surface area contributed by atoms with E-state index in [1.165, 1.54) is 11.8 Å².